The van der Waals surface area contributed by atoms with Gasteiger partial charge >= 0.3 is 5.97 Å². The van der Waals surface area contributed by atoms with Crippen molar-refractivity contribution in [3.8, 4) is 0 Å². The van der Waals surface area contributed by atoms with E-state index in [1.807, 2.05) is 0 Å². The summed E-state index contributed by atoms with van der Waals surface area (Å²) in [6, 6.07) is 0. The minimum absolute atomic E-state index is 0.142. The number of hydrogen-bond donors (Lipinski definition) is 1. The first-order valence-corrected chi connectivity index (χ1v) is 4.35. The van der Waals surface area contributed by atoms with E-state index in [0.717, 1.165) is 0 Å². The SMILES string of the molecule is C1CN1.C=C(C)C(=O)OCC1CO1. The maximum Gasteiger partial charge on any atom is 0.333 e. The van der Waals surface area contributed by atoms with Crippen molar-refractivity contribution in [2.45, 2.75) is 13.0 Å². The molecule has 1 N–H and O–H groups in total. The summed E-state index contributed by atoms with van der Waals surface area (Å²) in [7, 11) is 0. The summed E-state index contributed by atoms with van der Waals surface area (Å²) < 4.78 is 9.60. The van der Waals surface area contributed by atoms with Gasteiger partial charge in [-0.05, 0) is 6.92 Å². The van der Waals surface area contributed by atoms with Gasteiger partial charge in [-0.25, -0.2) is 4.79 Å². The van der Waals surface area contributed by atoms with Gasteiger partial charge in [0.2, 0.25) is 0 Å². The van der Waals surface area contributed by atoms with Crippen LogP contribution in [0.5, 0.6) is 0 Å². The van der Waals surface area contributed by atoms with E-state index in [1.165, 1.54) is 13.1 Å². The van der Waals surface area contributed by atoms with Crippen LogP contribution in [-0.2, 0) is 14.3 Å². The molecule has 2 aliphatic rings. The second-order valence-corrected chi connectivity index (χ2v) is 3.08. The molecule has 2 heterocycles. The van der Waals surface area contributed by atoms with Gasteiger partial charge in [0, 0.05) is 18.7 Å². The summed E-state index contributed by atoms with van der Waals surface area (Å²) in [5.74, 6) is -0.337. The molecule has 4 nitrogen and oxygen atoms in total. The summed E-state index contributed by atoms with van der Waals surface area (Å²) in [5.41, 5.74) is 0.431. The highest BCUT2D eigenvalue weighted by Gasteiger charge is 2.24. The van der Waals surface area contributed by atoms with Crippen molar-refractivity contribution in [3.05, 3.63) is 12.2 Å². The van der Waals surface area contributed by atoms with Gasteiger partial charge in [0.25, 0.3) is 0 Å². The smallest absolute Gasteiger partial charge is 0.333 e. The monoisotopic (exact) mass is 185 g/mol. The molecule has 2 rings (SSSR count). The van der Waals surface area contributed by atoms with Crippen molar-refractivity contribution in [1.82, 2.24) is 5.32 Å². The normalized spacial score (nSPS) is 22.4. The van der Waals surface area contributed by atoms with E-state index in [2.05, 4.69) is 11.9 Å². The Bertz CT molecular complexity index is 194. The molecular weight excluding hydrogens is 170 g/mol. The molecule has 74 valence electrons. The number of epoxide rings is 1. The first kappa shape index (κ1) is 10.2. The quantitative estimate of drug-likeness (QED) is 0.384. The fourth-order valence-electron chi connectivity index (χ4n) is 0.456. The summed E-state index contributed by atoms with van der Waals surface area (Å²) in [4.78, 5) is 10.7. The van der Waals surface area contributed by atoms with Crippen molar-refractivity contribution in [1.29, 1.82) is 0 Å². The Labute approximate surface area is 77.9 Å². The zero-order chi connectivity index (χ0) is 9.68. The van der Waals surface area contributed by atoms with Gasteiger partial charge in [-0.3, -0.25) is 0 Å². The van der Waals surface area contributed by atoms with Crippen LogP contribution in [0.1, 0.15) is 6.92 Å². The van der Waals surface area contributed by atoms with E-state index in [0.29, 0.717) is 18.8 Å². The number of esters is 1. The molecule has 0 aliphatic carbocycles. The van der Waals surface area contributed by atoms with Crippen LogP contribution in [0, 0.1) is 0 Å². The predicted molar refractivity (Wildman–Crippen MR) is 48.4 cm³/mol. The molecule has 0 bridgehead atoms. The molecule has 2 saturated heterocycles. The zero-order valence-corrected chi connectivity index (χ0v) is 7.84. The minimum atomic E-state index is -0.337. The van der Waals surface area contributed by atoms with E-state index >= 15 is 0 Å². The number of carbonyl (C=O) groups is 1. The van der Waals surface area contributed by atoms with Gasteiger partial charge in [0.1, 0.15) is 12.7 Å². The van der Waals surface area contributed by atoms with Crippen molar-refractivity contribution in [2.75, 3.05) is 26.3 Å². The second kappa shape index (κ2) is 4.99. The molecule has 0 radical (unpaired) electrons. The van der Waals surface area contributed by atoms with Gasteiger partial charge < -0.3 is 14.8 Å². The summed E-state index contributed by atoms with van der Waals surface area (Å²) in [5, 5.41) is 3.00. The average molecular weight is 185 g/mol. The Kier molecular flexibility index (Phi) is 3.92. The van der Waals surface area contributed by atoms with Crippen LogP contribution < -0.4 is 5.32 Å². The molecule has 2 aliphatic heterocycles. The van der Waals surface area contributed by atoms with Crippen LogP contribution >= 0.6 is 0 Å². The Balaban J connectivity index is 0.000000236. The lowest BCUT2D eigenvalue weighted by Gasteiger charge is -1.99. The van der Waals surface area contributed by atoms with E-state index in [9.17, 15) is 4.79 Å². The van der Waals surface area contributed by atoms with Crippen LogP contribution in [0.3, 0.4) is 0 Å². The number of ether oxygens (including phenoxy) is 2. The van der Waals surface area contributed by atoms with Crippen molar-refractivity contribution < 1.29 is 14.3 Å². The molecule has 0 spiro atoms. The number of rotatable bonds is 3. The van der Waals surface area contributed by atoms with Crippen molar-refractivity contribution in [3.63, 3.8) is 0 Å². The molecule has 1 atom stereocenters. The Morgan fingerprint density at radius 3 is 2.54 bits per heavy atom. The molecule has 13 heavy (non-hydrogen) atoms. The van der Waals surface area contributed by atoms with Gasteiger partial charge in [0.05, 0.1) is 6.61 Å². The molecular formula is C9H15NO3. The minimum Gasteiger partial charge on any atom is -0.459 e. The van der Waals surface area contributed by atoms with Crippen LogP contribution in [0.4, 0.5) is 0 Å². The largest absolute Gasteiger partial charge is 0.459 e. The maximum atomic E-state index is 10.7. The highest BCUT2D eigenvalue weighted by molar-refractivity contribution is 5.86. The van der Waals surface area contributed by atoms with Crippen LogP contribution in [0.2, 0.25) is 0 Å². The Morgan fingerprint density at radius 2 is 2.23 bits per heavy atom. The van der Waals surface area contributed by atoms with E-state index in [4.69, 9.17) is 9.47 Å². The molecule has 4 heteroatoms. The molecule has 0 aromatic rings. The fourth-order valence-corrected chi connectivity index (χ4v) is 0.456. The van der Waals surface area contributed by atoms with Gasteiger partial charge in [-0.1, -0.05) is 6.58 Å². The lowest BCUT2D eigenvalue weighted by Crippen LogP contribution is -2.09. The highest BCUT2D eigenvalue weighted by atomic mass is 16.6. The molecule has 2 fully saturated rings. The third-order valence-corrected chi connectivity index (χ3v) is 1.40. The second-order valence-electron chi connectivity index (χ2n) is 3.08. The predicted octanol–water partition coefficient (Wildman–Crippen LogP) is 0.0941. The maximum absolute atomic E-state index is 10.7. The third kappa shape index (κ3) is 6.31. The number of hydrogen-bond acceptors (Lipinski definition) is 4. The van der Waals surface area contributed by atoms with Crippen molar-refractivity contribution >= 4 is 5.97 Å². The molecule has 0 saturated carbocycles. The Morgan fingerprint density at radius 1 is 1.69 bits per heavy atom. The molecule has 0 aromatic carbocycles. The fraction of sp³-hybridized carbons (Fsp3) is 0.667. The topological polar surface area (TPSA) is 60.8 Å². The van der Waals surface area contributed by atoms with Crippen LogP contribution in [0.25, 0.3) is 0 Å². The van der Waals surface area contributed by atoms with E-state index in [1.54, 1.807) is 6.92 Å². The van der Waals surface area contributed by atoms with Crippen LogP contribution in [0.15, 0.2) is 12.2 Å². The number of carbonyl (C=O) groups excluding carboxylic acids is 1. The summed E-state index contributed by atoms with van der Waals surface area (Å²) >= 11 is 0. The summed E-state index contributed by atoms with van der Waals surface area (Å²) in [6.45, 7) is 8.64. The molecule has 0 aromatic heterocycles. The average Bonchev–Trinajstić information content (AvgIpc) is 2.88. The summed E-state index contributed by atoms with van der Waals surface area (Å²) in [6.07, 6.45) is 0.142. The molecule has 0 amide bonds. The lowest BCUT2D eigenvalue weighted by molar-refractivity contribution is -0.139. The van der Waals surface area contributed by atoms with E-state index in [-0.39, 0.29) is 12.1 Å². The van der Waals surface area contributed by atoms with Crippen LogP contribution in [-0.4, -0.2) is 38.4 Å². The van der Waals surface area contributed by atoms with Gasteiger partial charge in [-0.2, -0.15) is 0 Å². The van der Waals surface area contributed by atoms with Gasteiger partial charge in [-0.15, -0.1) is 0 Å². The van der Waals surface area contributed by atoms with Gasteiger partial charge in [0.15, 0.2) is 0 Å². The molecule has 1 unspecified atom stereocenters. The van der Waals surface area contributed by atoms with E-state index < -0.39 is 0 Å². The zero-order valence-electron chi connectivity index (χ0n) is 7.84. The Hall–Kier alpha value is -0.870. The third-order valence-electron chi connectivity index (χ3n) is 1.40. The number of nitrogens with one attached hydrogen (secondary N) is 1. The van der Waals surface area contributed by atoms with Crippen molar-refractivity contribution in [2.24, 2.45) is 0 Å². The first-order chi connectivity index (χ1) is 6.20. The first-order valence-electron chi connectivity index (χ1n) is 4.35. The highest BCUT2D eigenvalue weighted by Crippen LogP contribution is 2.09. The standard InChI is InChI=1S/C7H10O3.C2H5N/c1-5(2)7(8)10-4-6-3-9-6;1-2-3-1/h6H,1,3-4H2,2H3;3H,1-2H2. The lowest BCUT2D eigenvalue weighted by atomic mass is 10.4.